The van der Waals surface area contributed by atoms with Gasteiger partial charge in [0.15, 0.2) is 0 Å². The number of nitrogens with two attached hydrogens (primary N) is 1. The summed E-state index contributed by atoms with van der Waals surface area (Å²) in [6.07, 6.45) is 10.5. The molecule has 0 fully saturated rings. The largest absolute Gasteiger partial charge is 0.508 e. The quantitative estimate of drug-likeness (QED) is 0.253. The van der Waals surface area contributed by atoms with Gasteiger partial charge >= 0.3 is 0 Å². The van der Waals surface area contributed by atoms with Crippen LogP contribution in [-0.2, 0) is 0 Å². The van der Waals surface area contributed by atoms with Gasteiger partial charge in [-0.25, -0.2) is 9.99 Å². The lowest BCUT2D eigenvalue weighted by Crippen LogP contribution is -2.25. The fourth-order valence-electron chi connectivity index (χ4n) is 1.76. The Morgan fingerprint density at radius 1 is 1.23 bits per heavy atom. The molecule has 0 bridgehead atoms. The molecule has 1 aromatic heterocycles. The van der Waals surface area contributed by atoms with Gasteiger partial charge in [-0.1, -0.05) is 62.9 Å². The van der Waals surface area contributed by atoms with Gasteiger partial charge in [0.2, 0.25) is 0 Å². The molecule has 0 aliphatic rings. The Morgan fingerprint density at radius 2 is 1.92 bits per heavy atom. The lowest BCUT2D eigenvalue weighted by Gasteiger charge is -2.02. The second kappa shape index (κ2) is 14.6. The number of rotatable bonds is 5. The number of nitrogens with zero attached hydrogens (tertiary/aromatic N) is 2. The Bertz CT molecular complexity index is 731. The smallest absolute Gasteiger partial charge is 0.114 e. The van der Waals surface area contributed by atoms with Crippen LogP contribution in [0.1, 0.15) is 26.5 Å². The molecule has 2 aromatic rings. The van der Waals surface area contributed by atoms with E-state index in [1.807, 2.05) is 82.4 Å². The van der Waals surface area contributed by atoms with Crippen molar-refractivity contribution < 1.29 is 5.11 Å². The zero-order valence-corrected chi connectivity index (χ0v) is 16.3. The predicted molar refractivity (Wildman–Crippen MR) is 115 cm³/mol. The number of allylic oxidation sites excluding steroid dienone is 4. The molecular formula is C22H31N3O. The van der Waals surface area contributed by atoms with Crippen LogP contribution in [0.2, 0.25) is 0 Å². The summed E-state index contributed by atoms with van der Waals surface area (Å²) in [5.74, 6) is 5.40. The monoisotopic (exact) mass is 353 g/mol. The van der Waals surface area contributed by atoms with Gasteiger partial charge in [0.1, 0.15) is 5.76 Å². The van der Waals surface area contributed by atoms with Crippen molar-refractivity contribution in [3.05, 3.63) is 84.8 Å². The normalized spacial score (nSPS) is 11.2. The third kappa shape index (κ3) is 10.2. The molecule has 140 valence electrons. The zero-order chi connectivity index (χ0) is 19.8. The summed E-state index contributed by atoms with van der Waals surface area (Å²) in [6, 6.07) is 11.9. The molecule has 0 radical (unpaired) electrons. The van der Waals surface area contributed by atoms with E-state index in [1.165, 1.54) is 6.08 Å². The SMILES string of the molecule is C/C=C\CN(C)N.C=C/C(O)=C/C=C/c1ccc2ccccc2n1.CC. The summed E-state index contributed by atoms with van der Waals surface area (Å²) >= 11 is 0. The van der Waals surface area contributed by atoms with Crippen LogP contribution in [0.5, 0.6) is 0 Å². The first-order valence-electron chi connectivity index (χ1n) is 8.69. The van der Waals surface area contributed by atoms with Crippen LogP contribution < -0.4 is 5.84 Å². The number of fused-ring (bicyclic) bond motifs is 1. The Kier molecular flexibility index (Phi) is 13.1. The fraction of sp³-hybridized carbons (Fsp3) is 0.227. The van der Waals surface area contributed by atoms with Gasteiger partial charge in [-0.2, -0.15) is 0 Å². The Balaban J connectivity index is 0.000000589. The van der Waals surface area contributed by atoms with Crippen molar-refractivity contribution in [2.24, 2.45) is 5.84 Å². The number of aliphatic hydroxyl groups excluding tert-OH is 1. The van der Waals surface area contributed by atoms with Crippen LogP contribution in [0.25, 0.3) is 17.0 Å². The third-order valence-electron chi connectivity index (χ3n) is 2.99. The summed E-state index contributed by atoms with van der Waals surface area (Å²) < 4.78 is 0. The second-order valence-corrected chi connectivity index (χ2v) is 5.09. The predicted octanol–water partition coefficient (Wildman–Crippen LogP) is 5.27. The number of hydrogen-bond donors (Lipinski definition) is 2. The zero-order valence-electron chi connectivity index (χ0n) is 16.3. The van der Waals surface area contributed by atoms with E-state index in [0.29, 0.717) is 0 Å². The summed E-state index contributed by atoms with van der Waals surface area (Å²) in [5, 5.41) is 11.9. The van der Waals surface area contributed by atoms with Crippen LogP contribution in [0.3, 0.4) is 0 Å². The van der Waals surface area contributed by atoms with Crippen molar-refractivity contribution in [3.8, 4) is 0 Å². The summed E-state index contributed by atoms with van der Waals surface area (Å²) in [7, 11) is 1.83. The average Bonchev–Trinajstić information content (AvgIpc) is 2.68. The topological polar surface area (TPSA) is 62.4 Å². The Hall–Kier alpha value is -2.69. The maximum absolute atomic E-state index is 9.18. The molecule has 0 aliphatic carbocycles. The van der Waals surface area contributed by atoms with Gasteiger partial charge < -0.3 is 5.11 Å². The van der Waals surface area contributed by atoms with E-state index in [0.717, 1.165) is 23.1 Å². The van der Waals surface area contributed by atoms with E-state index >= 15 is 0 Å². The van der Waals surface area contributed by atoms with E-state index in [2.05, 4.69) is 11.6 Å². The van der Waals surface area contributed by atoms with Crippen molar-refractivity contribution >= 4 is 17.0 Å². The number of pyridine rings is 1. The molecule has 0 spiro atoms. The van der Waals surface area contributed by atoms with E-state index in [4.69, 9.17) is 5.84 Å². The summed E-state index contributed by atoms with van der Waals surface area (Å²) in [6.45, 7) is 10.3. The minimum absolute atomic E-state index is 0.141. The van der Waals surface area contributed by atoms with E-state index < -0.39 is 0 Å². The van der Waals surface area contributed by atoms with Gasteiger partial charge in [-0.15, -0.1) is 0 Å². The number of aromatic nitrogens is 1. The molecule has 2 rings (SSSR count). The molecule has 0 saturated carbocycles. The molecule has 1 heterocycles. The number of benzene rings is 1. The van der Waals surface area contributed by atoms with Crippen LogP contribution in [-0.4, -0.2) is 28.7 Å². The number of para-hydroxylation sites is 1. The van der Waals surface area contributed by atoms with Crippen molar-refractivity contribution in [2.45, 2.75) is 20.8 Å². The molecule has 4 heteroatoms. The Labute approximate surface area is 157 Å². The molecule has 1 aromatic carbocycles. The van der Waals surface area contributed by atoms with Gasteiger partial charge in [-0.05, 0) is 37.3 Å². The molecule has 0 atom stereocenters. The first-order chi connectivity index (χ1) is 12.6. The lowest BCUT2D eigenvalue weighted by atomic mass is 10.2. The van der Waals surface area contributed by atoms with E-state index in [-0.39, 0.29) is 5.76 Å². The molecule has 4 nitrogen and oxygen atoms in total. The maximum Gasteiger partial charge on any atom is 0.114 e. The van der Waals surface area contributed by atoms with Crippen molar-refractivity contribution in [3.63, 3.8) is 0 Å². The van der Waals surface area contributed by atoms with E-state index in [1.54, 1.807) is 17.2 Å². The molecule has 0 aliphatic heterocycles. The van der Waals surface area contributed by atoms with Gasteiger partial charge in [0.25, 0.3) is 0 Å². The van der Waals surface area contributed by atoms with Gasteiger partial charge in [-0.3, -0.25) is 5.84 Å². The molecule has 0 saturated heterocycles. The first kappa shape index (κ1) is 23.3. The number of hydrazine groups is 1. The third-order valence-corrected chi connectivity index (χ3v) is 2.99. The summed E-state index contributed by atoms with van der Waals surface area (Å²) in [5.41, 5.74) is 1.82. The number of aliphatic hydroxyl groups is 1. The van der Waals surface area contributed by atoms with Crippen LogP contribution in [0.15, 0.2) is 79.1 Å². The minimum Gasteiger partial charge on any atom is -0.508 e. The Morgan fingerprint density at radius 3 is 2.50 bits per heavy atom. The van der Waals surface area contributed by atoms with Crippen molar-refractivity contribution in [1.82, 2.24) is 9.99 Å². The standard InChI is InChI=1S/C15H13NO.C5H12N2.C2H6/c1-2-14(17)8-5-7-13-11-10-12-6-3-4-9-15(12)16-13;1-3-4-5-7(2)6;1-2/h2-11,17H,1H2;3-4H,5-6H2,1-2H3;1-2H3/b7-5+,14-8-;4-3-;. The highest BCUT2D eigenvalue weighted by atomic mass is 16.3. The highest BCUT2D eigenvalue weighted by Gasteiger charge is 1.93. The molecule has 0 amide bonds. The molecular weight excluding hydrogens is 322 g/mol. The van der Waals surface area contributed by atoms with Gasteiger partial charge in [0, 0.05) is 19.0 Å². The first-order valence-corrected chi connectivity index (χ1v) is 8.69. The molecule has 26 heavy (non-hydrogen) atoms. The number of hydrogen-bond acceptors (Lipinski definition) is 4. The average molecular weight is 354 g/mol. The fourth-order valence-corrected chi connectivity index (χ4v) is 1.76. The van der Waals surface area contributed by atoms with Crippen molar-refractivity contribution in [1.29, 1.82) is 0 Å². The van der Waals surface area contributed by atoms with Gasteiger partial charge in [0.05, 0.1) is 11.2 Å². The molecule has 0 unspecified atom stereocenters. The minimum atomic E-state index is 0.141. The second-order valence-electron chi connectivity index (χ2n) is 5.09. The highest BCUT2D eigenvalue weighted by Crippen LogP contribution is 2.12. The van der Waals surface area contributed by atoms with E-state index in [9.17, 15) is 5.11 Å². The van der Waals surface area contributed by atoms with Crippen LogP contribution >= 0.6 is 0 Å². The van der Waals surface area contributed by atoms with Crippen LogP contribution in [0, 0.1) is 0 Å². The van der Waals surface area contributed by atoms with Crippen molar-refractivity contribution in [2.75, 3.05) is 13.6 Å². The lowest BCUT2D eigenvalue weighted by molar-refractivity contribution is 0.389. The highest BCUT2D eigenvalue weighted by molar-refractivity contribution is 5.79. The maximum atomic E-state index is 9.18. The van der Waals surface area contributed by atoms with Crippen LogP contribution in [0.4, 0.5) is 0 Å². The molecule has 3 N–H and O–H groups in total. The number of likely N-dealkylation sites (N-methyl/N-ethyl adjacent to an activating group) is 1. The summed E-state index contributed by atoms with van der Waals surface area (Å²) in [4.78, 5) is 4.47.